The van der Waals surface area contributed by atoms with Crippen molar-refractivity contribution in [1.82, 2.24) is 5.32 Å². The van der Waals surface area contributed by atoms with Crippen LogP contribution in [0.5, 0.6) is 5.75 Å². The van der Waals surface area contributed by atoms with E-state index in [1.807, 2.05) is 12.1 Å². The van der Waals surface area contributed by atoms with Gasteiger partial charge in [0.15, 0.2) is 0 Å². The SMILES string of the molecule is CCC(NC(C)c1cccc(C)c1)c1ccc(OC)cc1. The Morgan fingerprint density at radius 2 is 1.76 bits per heavy atom. The molecule has 0 saturated heterocycles. The van der Waals surface area contributed by atoms with Crippen molar-refractivity contribution >= 4 is 0 Å². The number of hydrogen-bond acceptors (Lipinski definition) is 2. The molecule has 21 heavy (non-hydrogen) atoms. The Kier molecular flexibility index (Phi) is 5.40. The van der Waals surface area contributed by atoms with Gasteiger partial charge in [-0.25, -0.2) is 0 Å². The lowest BCUT2D eigenvalue weighted by Gasteiger charge is -2.23. The fraction of sp³-hybridized carbons (Fsp3) is 0.368. The number of aryl methyl sites for hydroxylation is 1. The monoisotopic (exact) mass is 283 g/mol. The fourth-order valence-corrected chi connectivity index (χ4v) is 2.62. The van der Waals surface area contributed by atoms with Gasteiger partial charge < -0.3 is 10.1 Å². The second-order valence-corrected chi connectivity index (χ2v) is 5.54. The first-order valence-corrected chi connectivity index (χ1v) is 7.60. The van der Waals surface area contributed by atoms with E-state index in [0.717, 1.165) is 12.2 Å². The van der Waals surface area contributed by atoms with E-state index in [4.69, 9.17) is 4.74 Å². The predicted molar refractivity (Wildman–Crippen MR) is 88.8 cm³/mol. The smallest absolute Gasteiger partial charge is 0.118 e. The Morgan fingerprint density at radius 3 is 2.33 bits per heavy atom. The molecule has 2 nitrogen and oxygen atoms in total. The van der Waals surface area contributed by atoms with Crippen LogP contribution in [0.25, 0.3) is 0 Å². The molecule has 2 aromatic rings. The van der Waals surface area contributed by atoms with E-state index in [1.165, 1.54) is 16.7 Å². The van der Waals surface area contributed by atoms with Crippen LogP contribution in [-0.4, -0.2) is 7.11 Å². The number of benzene rings is 2. The van der Waals surface area contributed by atoms with Crippen molar-refractivity contribution in [3.63, 3.8) is 0 Å². The van der Waals surface area contributed by atoms with Gasteiger partial charge in [-0.1, -0.05) is 48.9 Å². The summed E-state index contributed by atoms with van der Waals surface area (Å²) in [6, 6.07) is 17.7. The Bertz CT molecular complexity index is 562. The molecule has 2 rings (SSSR count). The molecule has 2 atom stereocenters. The summed E-state index contributed by atoms with van der Waals surface area (Å²) in [4.78, 5) is 0. The lowest BCUT2D eigenvalue weighted by molar-refractivity contribution is 0.413. The van der Waals surface area contributed by atoms with Gasteiger partial charge in [0.25, 0.3) is 0 Å². The number of rotatable bonds is 6. The quantitative estimate of drug-likeness (QED) is 0.821. The molecule has 0 aromatic heterocycles. The van der Waals surface area contributed by atoms with Gasteiger partial charge in [0.05, 0.1) is 7.11 Å². The molecule has 0 spiro atoms. The third-order valence-electron chi connectivity index (χ3n) is 3.92. The molecule has 2 aromatic carbocycles. The molecular formula is C19H25NO. The minimum atomic E-state index is 0.331. The highest BCUT2D eigenvalue weighted by molar-refractivity contribution is 5.30. The average Bonchev–Trinajstić information content (AvgIpc) is 2.52. The normalized spacial score (nSPS) is 13.7. The van der Waals surface area contributed by atoms with Gasteiger partial charge in [0, 0.05) is 12.1 Å². The molecule has 2 heteroatoms. The summed E-state index contributed by atoms with van der Waals surface area (Å²) in [7, 11) is 1.70. The molecule has 1 N–H and O–H groups in total. The van der Waals surface area contributed by atoms with Crippen LogP contribution in [0.1, 0.15) is 49.0 Å². The van der Waals surface area contributed by atoms with Gasteiger partial charge >= 0.3 is 0 Å². The molecule has 0 saturated carbocycles. The molecule has 0 aliphatic heterocycles. The number of nitrogens with one attached hydrogen (secondary N) is 1. The molecule has 112 valence electrons. The summed E-state index contributed by atoms with van der Waals surface area (Å²) in [6.45, 7) is 6.57. The van der Waals surface area contributed by atoms with Gasteiger partial charge in [-0.3, -0.25) is 0 Å². The lowest BCUT2D eigenvalue weighted by atomic mass is 10.0. The highest BCUT2D eigenvalue weighted by Crippen LogP contribution is 2.24. The second-order valence-electron chi connectivity index (χ2n) is 5.54. The molecule has 0 heterocycles. The summed E-state index contributed by atoms with van der Waals surface area (Å²) >= 11 is 0. The zero-order valence-electron chi connectivity index (χ0n) is 13.4. The van der Waals surface area contributed by atoms with Crippen LogP contribution in [0.2, 0.25) is 0 Å². The first-order chi connectivity index (χ1) is 10.1. The molecule has 0 fully saturated rings. The van der Waals surface area contributed by atoms with Crippen molar-refractivity contribution in [1.29, 1.82) is 0 Å². The van der Waals surface area contributed by atoms with E-state index in [0.29, 0.717) is 12.1 Å². The Morgan fingerprint density at radius 1 is 1.05 bits per heavy atom. The second kappa shape index (κ2) is 7.28. The van der Waals surface area contributed by atoms with Gasteiger partial charge in [0.1, 0.15) is 5.75 Å². The highest BCUT2D eigenvalue weighted by atomic mass is 16.5. The standard InChI is InChI=1S/C19H25NO/c1-5-19(16-9-11-18(21-4)12-10-16)20-15(3)17-8-6-7-14(2)13-17/h6-13,15,19-20H,5H2,1-4H3. The van der Waals surface area contributed by atoms with Gasteiger partial charge in [-0.2, -0.15) is 0 Å². The molecule has 0 aliphatic rings. The topological polar surface area (TPSA) is 21.3 Å². The van der Waals surface area contributed by atoms with Crippen LogP contribution in [0, 0.1) is 6.92 Å². The third-order valence-corrected chi connectivity index (χ3v) is 3.92. The molecule has 0 amide bonds. The van der Waals surface area contributed by atoms with E-state index < -0.39 is 0 Å². The maximum Gasteiger partial charge on any atom is 0.118 e. The third kappa shape index (κ3) is 4.08. The number of hydrogen-bond donors (Lipinski definition) is 1. The lowest BCUT2D eigenvalue weighted by Crippen LogP contribution is -2.24. The van der Waals surface area contributed by atoms with Crippen molar-refractivity contribution in [2.24, 2.45) is 0 Å². The summed E-state index contributed by atoms with van der Waals surface area (Å²) in [5, 5.41) is 3.72. The Hall–Kier alpha value is -1.80. The Balaban J connectivity index is 2.10. The van der Waals surface area contributed by atoms with Crippen molar-refractivity contribution in [2.45, 2.75) is 39.3 Å². The number of ether oxygens (including phenoxy) is 1. The van der Waals surface area contributed by atoms with Crippen molar-refractivity contribution in [2.75, 3.05) is 7.11 Å². The summed E-state index contributed by atoms with van der Waals surface area (Å²) in [6.07, 6.45) is 1.06. The van der Waals surface area contributed by atoms with Gasteiger partial charge in [-0.05, 0) is 43.5 Å². The van der Waals surface area contributed by atoms with Crippen molar-refractivity contribution in [3.8, 4) is 5.75 Å². The van der Waals surface area contributed by atoms with Crippen molar-refractivity contribution in [3.05, 3.63) is 65.2 Å². The highest BCUT2D eigenvalue weighted by Gasteiger charge is 2.14. The number of methoxy groups -OCH3 is 1. The molecule has 2 unspecified atom stereocenters. The van der Waals surface area contributed by atoms with Crippen molar-refractivity contribution < 1.29 is 4.74 Å². The first kappa shape index (κ1) is 15.6. The van der Waals surface area contributed by atoms with Crippen LogP contribution in [0.3, 0.4) is 0 Å². The zero-order valence-corrected chi connectivity index (χ0v) is 13.4. The largest absolute Gasteiger partial charge is 0.497 e. The molecule has 0 radical (unpaired) electrons. The Labute approximate surface area is 128 Å². The first-order valence-electron chi connectivity index (χ1n) is 7.60. The zero-order chi connectivity index (χ0) is 15.2. The minimum Gasteiger partial charge on any atom is -0.497 e. The molecule has 0 aliphatic carbocycles. The molecular weight excluding hydrogens is 258 g/mol. The van der Waals surface area contributed by atoms with E-state index in [9.17, 15) is 0 Å². The predicted octanol–water partition coefficient (Wildman–Crippen LogP) is 4.81. The van der Waals surface area contributed by atoms with E-state index in [-0.39, 0.29) is 0 Å². The maximum atomic E-state index is 5.23. The minimum absolute atomic E-state index is 0.331. The summed E-state index contributed by atoms with van der Waals surface area (Å²) in [5.41, 5.74) is 3.94. The fourth-order valence-electron chi connectivity index (χ4n) is 2.62. The van der Waals surface area contributed by atoms with E-state index >= 15 is 0 Å². The van der Waals surface area contributed by atoms with Crippen LogP contribution >= 0.6 is 0 Å². The van der Waals surface area contributed by atoms with E-state index in [2.05, 4.69) is 62.5 Å². The average molecular weight is 283 g/mol. The van der Waals surface area contributed by atoms with Gasteiger partial charge in [0.2, 0.25) is 0 Å². The molecule has 0 bridgehead atoms. The van der Waals surface area contributed by atoms with Gasteiger partial charge in [-0.15, -0.1) is 0 Å². The summed E-state index contributed by atoms with van der Waals surface area (Å²) in [5.74, 6) is 0.903. The van der Waals surface area contributed by atoms with Crippen LogP contribution in [0.4, 0.5) is 0 Å². The van der Waals surface area contributed by atoms with E-state index in [1.54, 1.807) is 7.11 Å². The van der Waals surface area contributed by atoms with Crippen LogP contribution < -0.4 is 10.1 Å². The maximum absolute atomic E-state index is 5.23. The van der Waals surface area contributed by atoms with Crippen LogP contribution in [0.15, 0.2) is 48.5 Å². The summed E-state index contributed by atoms with van der Waals surface area (Å²) < 4.78 is 5.23. The van der Waals surface area contributed by atoms with Crippen LogP contribution in [-0.2, 0) is 0 Å².